The minimum absolute atomic E-state index is 0.224. The molecule has 1 aromatic rings. The van der Waals surface area contributed by atoms with Crippen LogP contribution in [0.3, 0.4) is 0 Å². The van der Waals surface area contributed by atoms with Crippen molar-refractivity contribution in [3.8, 4) is 5.75 Å². The quantitative estimate of drug-likeness (QED) is 0.905. The first kappa shape index (κ1) is 13.9. The lowest BCUT2D eigenvalue weighted by molar-refractivity contribution is 0.139. The Morgan fingerprint density at radius 2 is 2.22 bits per heavy atom. The number of halogens is 2. The van der Waals surface area contributed by atoms with Crippen LogP contribution in [0, 0.1) is 0 Å². The summed E-state index contributed by atoms with van der Waals surface area (Å²) in [5.41, 5.74) is 0. The van der Waals surface area contributed by atoms with E-state index >= 15 is 0 Å². The highest BCUT2D eigenvalue weighted by atomic mass is 35.5. The summed E-state index contributed by atoms with van der Waals surface area (Å²) in [6.45, 7) is 2.63. The summed E-state index contributed by atoms with van der Waals surface area (Å²) in [4.78, 5) is 2.25. The Kier molecular flexibility index (Phi) is 5.13. The number of aliphatic hydroxyl groups is 1. The maximum absolute atomic E-state index is 9.21. The predicted octanol–water partition coefficient (Wildman–Crippen LogP) is 2.83. The molecule has 2 rings (SSSR count). The lowest BCUT2D eigenvalue weighted by atomic mass is 10.2. The third-order valence-corrected chi connectivity index (χ3v) is 3.77. The Balaban J connectivity index is 1.81. The predicted molar refractivity (Wildman–Crippen MR) is 73.6 cm³/mol. The molecule has 1 heterocycles. The fourth-order valence-corrected chi connectivity index (χ4v) is 2.72. The van der Waals surface area contributed by atoms with E-state index in [1.807, 2.05) is 0 Å². The molecular weight excluding hydrogens is 273 g/mol. The van der Waals surface area contributed by atoms with Crippen LogP contribution in [0.5, 0.6) is 5.75 Å². The van der Waals surface area contributed by atoms with Gasteiger partial charge in [0.1, 0.15) is 12.4 Å². The van der Waals surface area contributed by atoms with Crippen molar-refractivity contribution in [2.75, 3.05) is 26.3 Å². The van der Waals surface area contributed by atoms with E-state index in [1.54, 1.807) is 18.2 Å². The molecule has 1 saturated heterocycles. The van der Waals surface area contributed by atoms with E-state index in [9.17, 15) is 5.11 Å². The van der Waals surface area contributed by atoms with Crippen LogP contribution in [0.4, 0.5) is 0 Å². The number of hydrogen-bond acceptors (Lipinski definition) is 3. The molecule has 0 aromatic heterocycles. The molecule has 0 amide bonds. The van der Waals surface area contributed by atoms with Gasteiger partial charge >= 0.3 is 0 Å². The molecule has 1 fully saturated rings. The van der Waals surface area contributed by atoms with Gasteiger partial charge < -0.3 is 9.84 Å². The number of nitrogens with zero attached hydrogens (tertiary/aromatic N) is 1. The summed E-state index contributed by atoms with van der Waals surface area (Å²) >= 11 is 11.8. The molecule has 0 saturated carbocycles. The van der Waals surface area contributed by atoms with Crippen molar-refractivity contribution in [1.82, 2.24) is 4.90 Å². The van der Waals surface area contributed by atoms with E-state index < -0.39 is 0 Å². The van der Waals surface area contributed by atoms with Gasteiger partial charge in [0.15, 0.2) is 0 Å². The molecule has 1 atom stereocenters. The zero-order chi connectivity index (χ0) is 13.0. The lowest BCUT2D eigenvalue weighted by Gasteiger charge is -2.22. The molecule has 0 unspecified atom stereocenters. The fraction of sp³-hybridized carbons (Fsp3) is 0.538. The van der Waals surface area contributed by atoms with Crippen LogP contribution in [0.15, 0.2) is 18.2 Å². The zero-order valence-electron chi connectivity index (χ0n) is 10.1. The molecule has 0 aliphatic carbocycles. The van der Waals surface area contributed by atoms with Crippen molar-refractivity contribution in [1.29, 1.82) is 0 Å². The number of benzene rings is 1. The summed E-state index contributed by atoms with van der Waals surface area (Å²) in [5, 5.41) is 10.3. The molecule has 1 N–H and O–H groups in total. The average Bonchev–Trinajstić information content (AvgIpc) is 2.79. The maximum Gasteiger partial charge on any atom is 0.138 e. The van der Waals surface area contributed by atoms with Gasteiger partial charge in [-0.1, -0.05) is 23.2 Å². The van der Waals surface area contributed by atoms with Crippen molar-refractivity contribution >= 4 is 23.2 Å². The molecule has 1 aliphatic heterocycles. The molecule has 18 heavy (non-hydrogen) atoms. The normalized spacial score (nSPS) is 20.3. The van der Waals surface area contributed by atoms with Gasteiger partial charge in [-0.3, -0.25) is 4.90 Å². The number of rotatable bonds is 5. The van der Waals surface area contributed by atoms with Crippen molar-refractivity contribution < 1.29 is 9.84 Å². The second kappa shape index (κ2) is 6.62. The molecule has 0 spiro atoms. The Bertz CT molecular complexity index is 401. The smallest absolute Gasteiger partial charge is 0.138 e. The molecule has 0 bridgehead atoms. The van der Waals surface area contributed by atoms with E-state index in [-0.39, 0.29) is 12.6 Å². The summed E-state index contributed by atoms with van der Waals surface area (Å²) in [7, 11) is 0. The van der Waals surface area contributed by atoms with Gasteiger partial charge in [0.2, 0.25) is 0 Å². The highest BCUT2D eigenvalue weighted by molar-refractivity contribution is 6.35. The third-order valence-electron chi connectivity index (χ3n) is 3.24. The minimum Gasteiger partial charge on any atom is -0.491 e. The Morgan fingerprint density at radius 3 is 2.94 bits per heavy atom. The molecule has 1 aromatic carbocycles. The van der Waals surface area contributed by atoms with Crippen molar-refractivity contribution in [3.63, 3.8) is 0 Å². The van der Waals surface area contributed by atoms with Crippen LogP contribution in [-0.2, 0) is 0 Å². The van der Waals surface area contributed by atoms with Gasteiger partial charge in [-0.25, -0.2) is 0 Å². The topological polar surface area (TPSA) is 32.7 Å². The lowest BCUT2D eigenvalue weighted by Crippen LogP contribution is -2.35. The van der Waals surface area contributed by atoms with Gasteiger partial charge in [-0.2, -0.15) is 0 Å². The number of aliphatic hydroxyl groups excluding tert-OH is 1. The highest BCUT2D eigenvalue weighted by Crippen LogP contribution is 2.27. The first-order chi connectivity index (χ1) is 8.70. The molecule has 100 valence electrons. The van der Waals surface area contributed by atoms with Crippen LogP contribution >= 0.6 is 23.2 Å². The van der Waals surface area contributed by atoms with E-state index in [0.717, 1.165) is 25.9 Å². The van der Waals surface area contributed by atoms with E-state index in [2.05, 4.69) is 4.90 Å². The van der Waals surface area contributed by atoms with Crippen molar-refractivity contribution in [2.45, 2.75) is 18.9 Å². The van der Waals surface area contributed by atoms with E-state index in [0.29, 0.717) is 22.4 Å². The first-order valence-corrected chi connectivity index (χ1v) is 6.89. The standard InChI is InChI=1S/C13H17Cl2NO2/c14-10-3-4-13(12(15)8-10)18-7-6-16-5-1-2-11(16)9-17/h3-4,8,11,17H,1-2,5-7,9H2/t11-/m0/s1. The molecule has 5 heteroatoms. The number of hydrogen-bond donors (Lipinski definition) is 1. The van der Waals surface area contributed by atoms with Crippen LogP contribution in [0.25, 0.3) is 0 Å². The van der Waals surface area contributed by atoms with Crippen molar-refractivity contribution in [3.05, 3.63) is 28.2 Å². The van der Waals surface area contributed by atoms with Crippen molar-refractivity contribution in [2.24, 2.45) is 0 Å². The highest BCUT2D eigenvalue weighted by Gasteiger charge is 2.23. The number of likely N-dealkylation sites (tertiary alicyclic amines) is 1. The average molecular weight is 290 g/mol. The van der Waals surface area contributed by atoms with Gasteiger partial charge in [0.25, 0.3) is 0 Å². The fourth-order valence-electron chi connectivity index (χ4n) is 2.26. The van der Waals surface area contributed by atoms with E-state index in [1.165, 1.54) is 0 Å². The molecule has 1 aliphatic rings. The van der Waals surface area contributed by atoms with Gasteiger partial charge in [0, 0.05) is 17.6 Å². The number of ether oxygens (including phenoxy) is 1. The Labute approximate surface area is 117 Å². The summed E-state index contributed by atoms with van der Waals surface area (Å²) in [5.74, 6) is 0.654. The van der Waals surface area contributed by atoms with Gasteiger partial charge in [0.05, 0.1) is 11.6 Å². The van der Waals surface area contributed by atoms with Crippen LogP contribution in [-0.4, -0.2) is 42.4 Å². The first-order valence-electron chi connectivity index (χ1n) is 6.13. The second-order valence-corrected chi connectivity index (χ2v) is 5.28. The maximum atomic E-state index is 9.21. The van der Waals surface area contributed by atoms with Gasteiger partial charge in [-0.15, -0.1) is 0 Å². The summed E-state index contributed by atoms with van der Waals surface area (Å²) < 4.78 is 5.63. The molecule has 0 radical (unpaired) electrons. The third kappa shape index (κ3) is 3.51. The van der Waals surface area contributed by atoms with Crippen LogP contribution in [0.2, 0.25) is 10.0 Å². The van der Waals surface area contributed by atoms with Gasteiger partial charge in [-0.05, 0) is 37.6 Å². The Hall–Kier alpha value is -0.480. The largest absolute Gasteiger partial charge is 0.491 e. The Morgan fingerprint density at radius 1 is 1.39 bits per heavy atom. The minimum atomic E-state index is 0.224. The zero-order valence-corrected chi connectivity index (χ0v) is 11.6. The van der Waals surface area contributed by atoms with Crippen LogP contribution < -0.4 is 4.74 Å². The SMILES string of the molecule is OC[C@@H]1CCCN1CCOc1ccc(Cl)cc1Cl. The molecule has 3 nitrogen and oxygen atoms in total. The van der Waals surface area contributed by atoms with E-state index in [4.69, 9.17) is 27.9 Å². The molecular formula is C13H17Cl2NO2. The summed E-state index contributed by atoms with van der Waals surface area (Å²) in [6, 6.07) is 5.49. The van der Waals surface area contributed by atoms with Crippen LogP contribution in [0.1, 0.15) is 12.8 Å². The monoisotopic (exact) mass is 289 g/mol. The summed E-state index contributed by atoms with van der Waals surface area (Å²) in [6.07, 6.45) is 2.21. The second-order valence-electron chi connectivity index (χ2n) is 4.44.